The molecule has 11 nitrogen and oxygen atoms in total. The standard InChI is InChI=1S/C26H18Cl2FN7O4S2/c27-14-8-7-12(36(39)40)9-17(14)32-20(38)11-41-26-34-33-25(42-26)35-18-5-2-6-19(37)23(18)21(13(10-30)24(35)31)22-15(28)3-1-4-16(22)29/h1,3-4,7-9,21H,2,5-6,11,31H2,(H,32,38). The number of aromatic nitrogens is 2. The largest absolute Gasteiger partial charge is 0.384 e. The number of benzene rings is 2. The van der Waals surface area contributed by atoms with Crippen LogP contribution in [0.4, 0.5) is 20.9 Å². The van der Waals surface area contributed by atoms with Gasteiger partial charge in [0.05, 0.1) is 38.9 Å². The lowest BCUT2D eigenvalue weighted by Crippen LogP contribution is -2.39. The van der Waals surface area contributed by atoms with Crippen molar-refractivity contribution in [2.24, 2.45) is 5.73 Å². The van der Waals surface area contributed by atoms with Crippen LogP contribution < -0.4 is 16.0 Å². The minimum absolute atomic E-state index is 0.00411. The Morgan fingerprint density at radius 2 is 2.07 bits per heavy atom. The van der Waals surface area contributed by atoms with Gasteiger partial charge in [0.15, 0.2) is 10.1 Å². The minimum Gasteiger partial charge on any atom is -0.384 e. The maximum Gasteiger partial charge on any atom is 0.271 e. The summed E-state index contributed by atoms with van der Waals surface area (Å²) in [5, 5.41) is 32.5. The first-order valence-electron chi connectivity index (χ1n) is 12.2. The Hall–Kier alpha value is -4.03. The maximum absolute atomic E-state index is 15.0. The smallest absolute Gasteiger partial charge is 0.271 e. The molecular formula is C26H18Cl2FN7O4S2. The van der Waals surface area contributed by atoms with Crippen LogP contribution in [-0.4, -0.2) is 32.6 Å². The summed E-state index contributed by atoms with van der Waals surface area (Å²) in [6.45, 7) is 0. The zero-order chi connectivity index (χ0) is 30.1. The molecule has 1 aromatic heterocycles. The van der Waals surface area contributed by atoms with Crippen molar-refractivity contribution in [3.8, 4) is 6.07 Å². The number of carbonyl (C=O) groups is 2. The van der Waals surface area contributed by atoms with Crippen molar-refractivity contribution in [3.63, 3.8) is 0 Å². The van der Waals surface area contributed by atoms with E-state index in [-0.39, 0.29) is 67.0 Å². The number of nitrogens with zero attached hydrogens (tertiary/aromatic N) is 5. The number of Topliss-reactive ketones (excluding diaryl/α,β-unsaturated/α-hetero) is 1. The van der Waals surface area contributed by atoms with E-state index in [2.05, 4.69) is 15.5 Å². The van der Waals surface area contributed by atoms with Crippen LogP contribution in [-0.2, 0) is 9.59 Å². The number of nitro groups is 1. The normalized spacial score (nSPS) is 16.8. The van der Waals surface area contributed by atoms with E-state index in [1.54, 1.807) is 0 Å². The average molecular weight is 647 g/mol. The first-order valence-corrected chi connectivity index (χ1v) is 14.8. The van der Waals surface area contributed by atoms with Crippen LogP contribution in [0.3, 0.4) is 0 Å². The number of nitriles is 1. The zero-order valence-electron chi connectivity index (χ0n) is 21.3. The van der Waals surface area contributed by atoms with Crippen LogP contribution in [0.5, 0.6) is 0 Å². The van der Waals surface area contributed by atoms with Crippen LogP contribution in [0.25, 0.3) is 0 Å². The van der Waals surface area contributed by atoms with E-state index in [1.807, 2.05) is 6.07 Å². The van der Waals surface area contributed by atoms with Crippen molar-refractivity contribution in [2.45, 2.75) is 29.5 Å². The molecule has 0 bridgehead atoms. The van der Waals surface area contributed by atoms with E-state index in [4.69, 9.17) is 28.9 Å². The number of anilines is 2. The topological polar surface area (TPSA) is 168 Å². The number of rotatable bonds is 7. The molecule has 1 atom stereocenters. The highest BCUT2D eigenvalue weighted by Crippen LogP contribution is 2.49. The number of hydrogen-bond acceptors (Lipinski definition) is 11. The van der Waals surface area contributed by atoms with E-state index >= 15 is 4.39 Å². The highest BCUT2D eigenvalue weighted by atomic mass is 35.5. The molecule has 2 aliphatic rings. The van der Waals surface area contributed by atoms with Crippen LogP contribution >= 0.6 is 46.3 Å². The number of nitrogens with one attached hydrogen (secondary N) is 1. The van der Waals surface area contributed by atoms with Crippen LogP contribution in [0.2, 0.25) is 10.0 Å². The van der Waals surface area contributed by atoms with Crippen molar-refractivity contribution in [1.82, 2.24) is 10.2 Å². The lowest BCUT2D eigenvalue weighted by molar-refractivity contribution is -0.384. The molecular weight excluding hydrogens is 628 g/mol. The number of thioether (sulfide) groups is 1. The zero-order valence-corrected chi connectivity index (χ0v) is 24.4. The van der Waals surface area contributed by atoms with Gasteiger partial charge in [0.1, 0.15) is 11.6 Å². The number of hydrogen-bond donors (Lipinski definition) is 2. The van der Waals surface area contributed by atoms with Gasteiger partial charge < -0.3 is 11.1 Å². The molecule has 2 aromatic carbocycles. The summed E-state index contributed by atoms with van der Waals surface area (Å²) in [5.41, 5.74) is 7.03. The third-order valence-electron chi connectivity index (χ3n) is 6.55. The fourth-order valence-electron chi connectivity index (χ4n) is 4.77. The summed E-state index contributed by atoms with van der Waals surface area (Å²) < 4.78 is 15.4. The van der Waals surface area contributed by atoms with Gasteiger partial charge in [-0.3, -0.25) is 24.6 Å². The van der Waals surface area contributed by atoms with E-state index in [9.17, 15) is 25.0 Å². The Balaban J connectivity index is 1.42. The molecule has 1 aliphatic heterocycles. The monoisotopic (exact) mass is 645 g/mol. The lowest BCUT2D eigenvalue weighted by Gasteiger charge is -2.38. The molecule has 0 saturated heterocycles. The maximum atomic E-state index is 15.0. The molecule has 0 spiro atoms. The van der Waals surface area contributed by atoms with E-state index in [0.717, 1.165) is 29.2 Å². The van der Waals surface area contributed by atoms with Crippen molar-refractivity contribution in [3.05, 3.63) is 90.6 Å². The highest BCUT2D eigenvalue weighted by Gasteiger charge is 2.43. The Labute approximate surface area is 255 Å². The summed E-state index contributed by atoms with van der Waals surface area (Å²) in [4.78, 5) is 37.7. The van der Waals surface area contributed by atoms with Crippen molar-refractivity contribution in [2.75, 3.05) is 16.0 Å². The van der Waals surface area contributed by atoms with E-state index < -0.39 is 22.6 Å². The number of nitrogens with two attached hydrogens (primary N) is 1. The molecule has 1 amide bonds. The predicted molar refractivity (Wildman–Crippen MR) is 157 cm³/mol. The number of non-ortho nitro benzene ring substituents is 1. The molecule has 42 heavy (non-hydrogen) atoms. The van der Waals surface area contributed by atoms with E-state index in [1.165, 1.54) is 35.2 Å². The predicted octanol–water partition coefficient (Wildman–Crippen LogP) is 5.93. The van der Waals surface area contributed by atoms with E-state index in [0.29, 0.717) is 22.9 Å². The molecule has 16 heteroatoms. The molecule has 2 heterocycles. The van der Waals surface area contributed by atoms with Crippen LogP contribution in [0.15, 0.2) is 63.4 Å². The number of nitro benzene ring substituents is 1. The quantitative estimate of drug-likeness (QED) is 0.178. The second kappa shape index (κ2) is 12.1. The van der Waals surface area contributed by atoms with Crippen molar-refractivity contribution >= 4 is 74.5 Å². The summed E-state index contributed by atoms with van der Waals surface area (Å²) in [6, 6.07) is 9.88. The third kappa shape index (κ3) is 5.56. The Kier molecular flexibility index (Phi) is 8.46. The molecule has 5 rings (SSSR count). The molecule has 1 aliphatic carbocycles. The number of ketones is 1. The molecule has 0 saturated carbocycles. The van der Waals surface area contributed by atoms with Gasteiger partial charge in [-0.05, 0) is 31.0 Å². The molecule has 0 fully saturated rings. The second-order valence-electron chi connectivity index (χ2n) is 9.06. The molecule has 1 unspecified atom stereocenters. The molecule has 214 valence electrons. The van der Waals surface area contributed by atoms with Gasteiger partial charge in [-0.15, -0.1) is 10.2 Å². The van der Waals surface area contributed by atoms with Gasteiger partial charge in [0, 0.05) is 40.4 Å². The van der Waals surface area contributed by atoms with Gasteiger partial charge in [-0.1, -0.05) is 52.4 Å². The summed E-state index contributed by atoms with van der Waals surface area (Å²) in [6.07, 6.45) is 1.15. The molecule has 3 N–H and O–H groups in total. The highest BCUT2D eigenvalue weighted by molar-refractivity contribution is 8.01. The first kappa shape index (κ1) is 29.5. The summed E-state index contributed by atoms with van der Waals surface area (Å²) in [7, 11) is 0. The van der Waals surface area contributed by atoms with Gasteiger partial charge in [0.25, 0.3) is 5.69 Å². The Morgan fingerprint density at radius 1 is 1.29 bits per heavy atom. The number of allylic oxidation sites excluding steroid dienone is 3. The Bertz CT molecular complexity index is 1730. The number of carbonyl (C=O) groups excluding carboxylic acids is 2. The van der Waals surface area contributed by atoms with Crippen molar-refractivity contribution in [1.29, 1.82) is 5.26 Å². The van der Waals surface area contributed by atoms with Crippen molar-refractivity contribution < 1.29 is 18.9 Å². The van der Waals surface area contributed by atoms with Gasteiger partial charge in [-0.2, -0.15) is 5.26 Å². The third-order valence-corrected chi connectivity index (χ3v) is 9.25. The van der Waals surface area contributed by atoms with Crippen LogP contribution in [0.1, 0.15) is 30.7 Å². The molecule has 3 aromatic rings. The van der Waals surface area contributed by atoms with Gasteiger partial charge in [0.2, 0.25) is 11.0 Å². The average Bonchev–Trinajstić information content (AvgIpc) is 3.41. The molecule has 0 radical (unpaired) electrons. The second-order valence-corrected chi connectivity index (χ2v) is 12.1. The Morgan fingerprint density at radius 3 is 2.79 bits per heavy atom. The fourth-order valence-corrected chi connectivity index (χ4v) is 6.89. The van der Waals surface area contributed by atoms with Crippen LogP contribution in [0, 0.1) is 27.3 Å². The SMILES string of the molecule is N#CC1=C(N)N(c2nnc(SCC(=O)Nc3cc([N+](=O)[O-])ccc3Cl)s2)C2=C(C(=O)CCC2)C1c1c(F)cccc1Cl. The summed E-state index contributed by atoms with van der Waals surface area (Å²) >= 11 is 14.5. The first-order chi connectivity index (χ1) is 20.1. The summed E-state index contributed by atoms with van der Waals surface area (Å²) in [5.74, 6) is -2.62. The van der Waals surface area contributed by atoms with Gasteiger partial charge >= 0.3 is 0 Å². The van der Waals surface area contributed by atoms with Gasteiger partial charge in [-0.25, -0.2) is 4.39 Å². The number of amides is 1. The minimum atomic E-state index is -1.08. The fraction of sp³-hybridized carbons (Fsp3) is 0.192. The lowest BCUT2D eigenvalue weighted by atomic mass is 9.75. The number of halogens is 3.